The van der Waals surface area contributed by atoms with E-state index in [9.17, 15) is 28.2 Å². The summed E-state index contributed by atoms with van der Waals surface area (Å²) in [5, 5.41) is 21.7. The number of hydrogen-bond donors (Lipinski definition) is 3. The zero-order chi connectivity index (χ0) is 18.0. The molecule has 0 spiro atoms. The van der Waals surface area contributed by atoms with Crippen LogP contribution in [0.4, 0.5) is 13.2 Å². The molecule has 1 aromatic heterocycles. The van der Waals surface area contributed by atoms with Crippen LogP contribution in [0.5, 0.6) is 5.75 Å². The minimum Gasteiger partial charge on any atom is -0.508 e. The molecule has 1 heterocycles. The molecule has 0 fully saturated rings. The summed E-state index contributed by atoms with van der Waals surface area (Å²) < 4.78 is 41.0. The zero-order valence-electron chi connectivity index (χ0n) is 12.7. The number of rotatable bonds is 5. The molecule has 2 rings (SSSR count). The zero-order valence-corrected chi connectivity index (χ0v) is 12.7. The summed E-state index contributed by atoms with van der Waals surface area (Å²) in [5.74, 6) is -1.35. The highest BCUT2D eigenvalue weighted by Gasteiger charge is 2.57. The highest BCUT2D eigenvalue weighted by atomic mass is 19.4. The predicted octanol–water partition coefficient (Wildman–Crippen LogP) is 1.70. The molecule has 24 heavy (non-hydrogen) atoms. The summed E-state index contributed by atoms with van der Waals surface area (Å²) in [6.07, 6.45) is -3.32. The number of aryl methyl sites for hydroxylation is 1. The summed E-state index contributed by atoms with van der Waals surface area (Å²) >= 11 is 0. The third kappa shape index (κ3) is 3.51. The topological polar surface area (TPSA) is 87.4 Å². The van der Waals surface area contributed by atoms with E-state index in [0.717, 1.165) is 10.8 Å². The van der Waals surface area contributed by atoms with Crippen molar-refractivity contribution in [2.45, 2.75) is 18.2 Å². The third-order valence-electron chi connectivity index (χ3n) is 3.54. The molecular formula is C15H16F3N3O3. The normalized spacial score (nSPS) is 14.2. The van der Waals surface area contributed by atoms with Gasteiger partial charge in [-0.15, -0.1) is 0 Å². The summed E-state index contributed by atoms with van der Waals surface area (Å²) in [6, 6.07) is 5.39. The minimum atomic E-state index is -4.96. The van der Waals surface area contributed by atoms with E-state index < -0.39 is 36.5 Å². The Bertz CT molecular complexity index is 730. The number of phenolic OH excluding ortho intramolecular Hbond substituents is 1. The van der Waals surface area contributed by atoms with Gasteiger partial charge in [0.25, 0.3) is 5.91 Å². The lowest BCUT2D eigenvalue weighted by Crippen LogP contribution is -2.46. The number of nitrogens with one attached hydrogen (secondary N) is 1. The maximum absolute atomic E-state index is 13.3. The Morgan fingerprint density at radius 3 is 2.62 bits per heavy atom. The maximum atomic E-state index is 13.3. The van der Waals surface area contributed by atoms with Crippen molar-refractivity contribution in [1.29, 1.82) is 0 Å². The Morgan fingerprint density at radius 1 is 1.38 bits per heavy atom. The summed E-state index contributed by atoms with van der Waals surface area (Å²) in [7, 11) is 1.34. The van der Waals surface area contributed by atoms with Gasteiger partial charge in [0.1, 0.15) is 11.6 Å². The largest absolute Gasteiger partial charge is 0.508 e. The van der Waals surface area contributed by atoms with Gasteiger partial charge in [-0.3, -0.25) is 4.79 Å². The number of halogens is 3. The van der Waals surface area contributed by atoms with Gasteiger partial charge >= 0.3 is 6.18 Å². The molecule has 0 radical (unpaired) electrons. The number of amides is 1. The highest BCUT2D eigenvalue weighted by molar-refractivity contribution is 5.94. The minimum absolute atomic E-state index is 0.0996. The molecule has 0 aliphatic carbocycles. The third-order valence-corrected chi connectivity index (χ3v) is 3.54. The number of alkyl halides is 3. The first-order chi connectivity index (χ1) is 11.1. The number of hydrogen-bond acceptors (Lipinski definition) is 4. The first-order valence-corrected chi connectivity index (χ1v) is 6.99. The second kappa shape index (κ2) is 6.52. The number of imidazole rings is 1. The molecule has 1 aromatic carbocycles. The van der Waals surface area contributed by atoms with Crippen LogP contribution in [-0.4, -0.2) is 38.4 Å². The average molecular weight is 343 g/mol. The van der Waals surface area contributed by atoms with E-state index in [1.165, 1.54) is 37.5 Å². The van der Waals surface area contributed by atoms with Crippen molar-refractivity contribution in [3.8, 4) is 5.75 Å². The highest BCUT2D eigenvalue weighted by Crippen LogP contribution is 2.40. The van der Waals surface area contributed by atoms with E-state index in [2.05, 4.69) is 10.3 Å². The molecule has 0 saturated heterocycles. The first kappa shape index (κ1) is 17.8. The van der Waals surface area contributed by atoms with Crippen molar-refractivity contribution in [3.05, 3.63) is 48.0 Å². The van der Waals surface area contributed by atoms with Crippen LogP contribution in [0, 0.1) is 0 Å². The van der Waals surface area contributed by atoms with Gasteiger partial charge in [-0.2, -0.15) is 13.2 Å². The van der Waals surface area contributed by atoms with Crippen LogP contribution in [0.15, 0.2) is 36.7 Å². The molecule has 1 amide bonds. The van der Waals surface area contributed by atoms with Crippen LogP contribution in [0.1, 0.15) is 22.6 Å². The molecule has 0 bridgehead atoms. The van der Waals surface area contributed by atoms with Gasteiger partial charge < -0.3 is 20.1 Å². The van der Waals surface area contributed by atoms with E-state index in [1.807, 2.05) is 0 Å². The fraction of sp³-hybridized carbons (Fsp3) is 0.333. The number of carbonyl (C=O) groups is 1. The summed E-state index contributed by atoms with van der Waals surface area (Å²) in [5.41, 5.74) is -3.08. The Morgan fingerprint density at radius 2 is 2.08 bits per heavy atom. The number of aromatic nitrogens is 2. The van der Waals surface area contributed by atoms with Crippen molar-refractivity contribution >= 4 is 5.91 Å². The fourth-order valence-electron chi connectivity index (χ4n) is 2.25. The Labute approximate surface area is 135 Å². The van der Waals surface area contributed by atoms with Gasteiger partial charge in [0.05, 0.1) is 0 Å². The van der Waals surface area contributed by atoms with Gasteiger partial charge in [-0.25, -0.2) is 4.98 Å². The van der Waals surface area contributed by atoms with Gasteiger partial charge in [0, 0.05) is 38.0 Å². The Kier molecular flexibility index (Phi) is 4.83. The van der Waals surface area contributed by atoms with Crippen LogP contribution in [0.3, 0.4) is 0 Å². The van der Waals surface area contributed by atoms with Crippen molar-refractivity contribution in [2.75, 3.05) is 6.54 Å². The standard InChI is InChI=1S/C15H16F3N3O3/c1-21-8-7-20-13(21)14(24,15(16,17)18)5-6-19-12(23)10-3-2-4-11(22)9-10/h2-4,7-9,22,24H,5-6H2,1H3,(H,19,23). The smallest absolute Gasteiger partial charge is 0.424 e. The van der Waals surface area contributed by atoms with Crippen LogP contribution < -0.4 is 5.32 Å². The molecule has 9 heteroatoms. The van der Waals surface area contributed by atoms with Crippen LogP contribution in [0.2, 0.25) is 0 Å². The second-order valence-corrected chi connectivity index (χ2v) is 5.28. The molecule has 0 saturated carbocycles. The lowest BCUT2D eigenvalue weighted by molar-refractivity contribution is -0.272. The molecule has 6 nitrogen and oxygen atoms in total. The van der Waals surface area contributed by atoms with E-state index in [0.29, 0.717) is 0 Å². The Hall–Kier alpha value is -2.55. The molecule has 0 aliphatic heterocycles. The van der Waals surface area contributed by atoms with Gasteiger partial charge in [0.15, 0.2) is 0 Å². The van der Waals surface area contributed by atoms with Crippen molar-refractivity contribution < 1.29 is 28.2 Å². The number of benzene rings is 1. The lowest BCUT2D eigenvalue weighted by atomic mass is 9.97. The molecule has 130 valence electrons. The molecule has 0 aliphatic rings. The van der Waals surface area contributed by atoms with E-state index >= 15 is 0 Å². The average Bonchev–Trinajstić information content (AvgIpc) is 2.92. The quantitative estimate of drug-likeness (QED) is 0.771. The number of nitrogens with zero attached hydrogens (tertiary/aromatic N) is 2. The van der Waals surface area contributed by atoms with Crippen molar-refractivity contribution in [3.63, 3.8) is 0 Å². The molecular weight excluding hydrogens is 327 g/mol. The predicted molar refractivity (Wildman–Crippen MR) is 78.2 cm³/mol. The van der Waals surface area contributed by atoms with Crippen LogP contribution in [-0.2, 0) is 12.6 Å². The van der Waals surface area contributed by atoms with E-state index in [-0.39, 0.29) is 11.3 Å². The lowest BCUT2D eigenvalue weighted by Gasteiger charge is -2.29. The molecule has 2 aromatic rings. The number of phenols is 1. The number of aromatic hydroxyl groups is 1. The Balaban J connectivity index is 2.10. The fourth-order valence-corrected chi connectivity index (χ4v) is 2.25. The van der Waals surface area contributed by atoms with E-state index in [4.69, 9.17) is 0 Å². The van der Waals surface area contributed by atoms with Gasteiger partial charge in [0.2, 0.25) is 5.60 Å². The van der Waals surface area contributed by atoms with E-state index in [1.54, 1.807) is 0 Å². The molecule has 1 unspecified atom stereocenters. The van der Waals surface area contributed by atoms with Crippen molar-refractivity contribution in [2.24, 2.45) is 7.05 Å². The second-order valence-electron chi connectivity index (χ2n) is 5.28. The monoisotopic (exact) mass is 343 g/mol. The maximum Gasteiger partial charge on any atom is 0.424 e. The number of aliphatic hydroxyl groups is 1. The number of carbonyl (C=O) groups excluding carboxylic acids is 1. The van der Waals surface area contributed by atoms with Gasteiger partial charge in [-0.1, -0.05) is 6.07 Å². The molecule has 1 atom stereocenters. The van der Waals surface area contributed by atoms with Crippen LogP contribution in [0.25, 0.3) is 0 Å². The summed E-state index contributed by atoms with van der Waals surface area (Å²) in [6.45, 7) is -0.433. The van der Waals surface area contributed by atoms with Crippen LogP contribution >= 0.6 is 0 Å². The van der Waals surface area contributed by atoms with Gasteiger partial charge in [-0.05, 0) is 18.2 Å². The summed E-state index contributed by atoms with van der Waals surface area (Å²) in [4.78, 5) is 15.4. The first-order valence-electron chi connectivity index (χ1n) is 6.99. The SMILES string of the molecule is Cn1ccnc1C(O)(CCNC(=O)c1cccc(O)c1)C(F)(F)F. The molecule has 3 N–H and O–H groups in total. The van der Waals surface area contributed by atoms with Crippen molar-refractivity contribution in [1.82, 2.24) is 14.9 Å².